The van der Waals surface area contributed by atoms with Crippen molar-refractivity contribution >= 4 is 0 Å². The molecule has 1 aromatic heterocycles. The van der Waals surface area contributed by atoms with Crippen molar-refractivity contribution < 1.29 is 13.2 Å². The van der Waals surface area contributed by atoms with Crippen molar-refractivity contribution in [3.05, 3.63) is 17.5 Å². The highest BCUT2D eigenvalue weighted by atomic mass is 19.4. The molecule has 0 aromatic carbocycles. The van der Waals surface area contributed by atoms with Gasteiger partial charge in [-0.1, -0.05) is 13.8 Å². The van der Waals surface area contributed by atoms with E-state index in [1.165, 1.54) is 6.20 Å². The Kier molecular flexibility index (Phi) is 2.87. The van der Waals surface area contributed by atoms with Gasteiger partial charge in [-0.3, -0.25) is 4.68 Å². The molecule has 0 bridgehead atoms. The highest BCUT2D eigenvalue weighted by molar-refractivity contribution is 5.18. The molecule has 5 heteroatoms. The molecule has 80 valence electrons. The number of hydrogen-bond acceptors (Lipinski definition) is 1. The zero-order valence-corrected chi connectivity index (χ0v) is 8.39. The third-order valence-electron chi connectivity index (χ3n) is 1.95. The van der Waals surface area contributed by atoms with Crippen LogP contribution in [0.15, 0.2) is 6.20 Å². The average Bonchev–Trinajstić information content (AvgIpc) is 2.27. The minimum Gasteiger partial charge on any atom is -0.260 e. The third-order valence-corrected chi connectivity index (χ3v) is 1.95. The maximum absolute atomic E-state index is 12.1. The van der Waals surface area contributed by atoms with Gasteiger partial charge in [-0.25, -0.2) is 0 Å². The van der Waals surface area contributed by atoms with Gasteiger partial charge in [-0.05, 0) is 18.4 Å². The van der Waals surface area contributed by atoms with Crippen LogP contribution in [0.3, 0.4) is 0 Å². The Balaban J connectivity index is 2.98. The predicted octanol–water partition coefficient (Wildman–Crippen LogP) is 2.88. The lowest BCUT2D eigenvalue weighted by Crippen LogP contribution is -2.20. The number of aromatic nitrogens is 2. The van der Waals surface area contributed by atoms with E-state index in [1.807, 2.05) is 13.8 Å². The van der Waals surface area contributed by atoms with Crippen LogP contribution < -0.4 is 0 Å². The lowest BCUT2D eigenvalue weighted by Gasteiger charge is -2.13. The quantitative estimate of drug-likeness (QED) is 0.727. The normalized spacial score (nSPS) is 12.5. The molecule has 0 atom stereocenters. The van der Waals surface area contributed by atoms with E-state index in [0.717, 1.165) is 10.2 Å². The molecule has 0 amide bonds. The van der Waals surface area contributed by atoms with Crippen LogP contribution in [-0.4, -0.2) is 16.0 Å². The zero-order valence-electron chi connectivity index (χ0n) is 8.39. The second-order valence-electron chi connectivity index (χ2n) is 3.64. The summed E-state index contributed by atoms with van der Waals surface area (Å²) in [4.78, 5) is 0. The molecule has 1 aromatic rings. The second kappa shape index (κ2) is 3.63. The van der Waals surface area contributed by atoms with Crippen molar-refractivity contribution in [2.75, 3.05) is 0 Å². The highest BCUT2D eigenvalue weighted by Gasteiger charge is 2.30. The van der Waals surface area contributed by atoms with E-state index in [1.54, 1.807) is 6.92 Å². The molecule has 0 radical (unpaired) electrons. The number of alkyl halides is 3. The molecule has 1 rings (SSSR count). The maximum atomic E-state index is 12.1. The smallest absolute Gasteiger partial charge is 0.260 e. The number of aryl methyl sites for hydroxylation is 1. The topological polar surface area (TPSA) is 17.8 Å². The number of halogens is 3. The molecule has 0 fully saturated rings. The molecule has 0 saturated heterocycles. The largest absolute Gasteiger partial charge is 0.408 e. The van der Waals surface area contributed by atoms with Gasteiger partial charge in [0.25, 0.3) is 0 Å². The Bertz CT molecular complexity index is 312. The first-order valence-electron chi connectivity index (χ1n) is 4.40. The summed E-state index contributed by atoms with van der Waals surface area (Å²) in [7, 11) is 0. The Morgan fingerprint density at radius 2 is 2.00 bits per heavy atom. The van der Waals surface area contributed by atoms with Gasteiger partial charge < -0.3 is 0 Å². The molecule has 2 nitrogen and oxygen atoms in total. The molecule has 0 unspecified atom stereocenters. The lowest BCUT2D eigenvalue weighted by molar-refractivity contribution is -0.143. The first-order chi connectivity index (χ1) is 6.31. The van der Waals surface area contributed by atoms with Crippen molar-refractivity contribution in [1.82, 2.24) is 9.78 Å². The molecule has 1 heterocycles. The van der Waals surface area contributed by atoms with Gasteiger partial charge in [0, 0.05) is 5.69 Å². The fourth-order valence-electron chi connectivity index (χ4n) is 1.54. The summed E-state index contributed by atoms with van der Waals surface area (Å²) in [5.41, 5.74) is 1.46. The maximum Gasteiger partial charge on any atom is 0.408 e. The highest BCUT2D eigenvalue weighted by Crippen LogP contribution is 2.23. The monoisotopic (exact) mass is 206 g/mol. The van der Waals surface area contributed by atoms with E-state index in [9.17, 15) is 13.2 Å². The Labute approximate surface area is 80.7 Å². The van der Waals surface area contributed by atoms with Crippen LogP contribution in [0.1, 0.15) is 31.0 Å². The summed E-state index contributed by atoms with van der Waals surface area (Å²) < 4.78 is 37.4. The van der Waals surface area contributed by atoms with Crippen LogP contribution in [0, 0.1) is 6.92 Å². The standard InChI is InChI=1S/C9H13F3N2/c1-6(2)8-7(3)4-13-14(8)5-9(10,11)12/h4,6H,5H2,1-3H3. The van der Waals surface area contributed by atoms with Crippen LogP contribution >= 0.6 is 0 Å². The van der Waals surface area contributed by atoms with E-state index in [0.29, 0.717) is 5.69 Å². The molecule has 0 N–H and O–H groups in total. The second-order valence-corrected chi connectivity index (χ2v) is 3.64. The van der Waals surface area contributed by atoms with Crippen LogP contribution in [0.5, 0.6) is 0 Å². The molecule has 0 aliphatic carbocycles. The summed E-state index contributed by atoms with van der Waals surface area (Å²) in [6.07, 6.45) is -2.73. The Hall–Kier alpha value is -1.00. The number of nitrogens with zero attached hydrogens (tertiary/aromatic N) is 2. The van der Waals surface area contributed by atoms with Crippen molar-refractivity contribution in [1.29, 1.82) is 0 Å². The fourth-order valence-corrected chi connectivity index (χ4v) is 1.54. The van der Waals surface area contributed by atoms with E-state index in [2.05, 4.69) is 5.10 Å². The summed E-state index contributed by atoms with van der Waals surface area (Å²) in [6.45, 7) is 4.48. The molecule has 0 saturated carbocycles. The van der Waals surface area contributed by atoms with Crippen molar-refractivity contribution in [2.45, 2.75) is 39.4 Å². The first kappa shape index (κ1) is 11.1. The minimum atomic E-state index is -4.21. The predicted molar refractivity (Wildman–Crippen MR) is 47.1 cm³/mol. The van der Waals surface area contributed by atoms with Gasteiger partial charge in [0.2, 0.25) is 0 Å². The van der Waals surface area contributed by atoms with E-state index >= 15 is 0 Å². The lowest BCUT2D eigenvalue weighted by atomic mass is 10.1. The molecular weight excluding hydrogens is 193 g/mol. The van der Waals surface area contributed by atoms with E-state index in [-0.39, 0.29) is 5.92 Å². The fraction of sp³-hybridized carbons (Fsp3) is 0.667. The van der Waals surface area contributed by atoms with Crippen molar-refractivity contribution in [3.63, 3.8) is 0 Å². The molecule has 0 aliphatic rings. The average molecular weight is 206 g/mol. The molecular formula is C9H13F3N2. The molecule has 0 spiro atoms. The van der Waals surface area contributed by atoms with Crippen molar-refractivity contribution in [3.8, 4) is 0 Å². The molecule has 0 aliphatic heterocycles. The molecule has 14 heavy (non-hydrogen) atoms. The van der Waals surface area contributed by atoms with E-state index < -0.39 is 12.7 Å². The number of rotatable bonds is 2. The van der Waals surface area contributed by atoms with Crippen LogP contribution in [-0.2, 0) is 6.54 Å². The number of hydrogen-bond donors (Lipinski definition) is 0. The van der Waals surface area contributed by atoms with Crippen LogP contribution in [0.4, 0.5) is 13.2 Å². The van der Waals surface area contributed by atoms with Gasteiger partial charge in [0.1, 0.15) is 6.54 Å². The SMILES string of the molecule is Cc1cnn(CC(F)(F)F)c1C(C)C. The third kappa shape index (κ3) is 2.49. The van der Waals surface area contributed by atoms with Crippen molar-refractivity contribution in [2.24, 2.45) is 0 Å². The summed E-state index contributed by atoms with van der Waals surface area (Å²) in [5, 5.41) is 3.72. The van der Waals surface area contributed by atoms with Gasteiger partial charge in [-0.2, -0.15) is 18.3 Å². The summed E-state index contributed by atoms with van der Waals surface area (Å²) in [6, 6.07) is 0. The Morgan fingerprint density at radius 3 is 2.43 bits per heavy atom. The van der Waals surface area contributed by atoms with Gasteiger partial charge in [-0.15, -0.1) is 0 Å². The zero-order chi connectivity index (χ0) is 10.9. The van der Waals surface area contributed by atoms with E-state index in [4.69, 9.17) is 0 Å². The van der Waals surface area contributed by atoms with Crippen LogP contribution in [0.25, 0.3) is 0 Å². The minimum absolute atomic E-state index is 0.0554. The summed E-state index contributed by atoms with van der Waals surface area (Å²) >= 11 is 0. The summed E-state index contributed by atoms with van der Waals surface area (Å²) in [5.74, 6) is 0.0554. The Morgan fingerprint density at radius 1 is 1.43 bits per heavy atom. The van der Waals surface area contributed by atoms with Gasteiger partial charge >= 0.3 is 6.18 Å². The van der Waals surface area contributed by atoms with Gasteiger partial charge in [0.15, 0.2) is 0 Å². The van der Waals surface area contributed by atoms with Crippen LogP contribution in [0.2, 0.25) is 0 Å². The first-order valence-corrected chi connectivity index (χ1v) is 4.40. The van der Waals surface area contributed by atoms with Gasteiger partial charge in [0.05, 0.1) is 6.20 Å².